The zero-order valence-electron chi connectivity index (χ0n) is 14.0. The number of carbonyl (C=O) groups is 1. The van der Waals surface area contributed by atoms with Crippen molar-refractivity contribution in [2.24, 2.45) is 0 Å². The van der Waals surface area contributed by atoms with Crippen LogP contribution >= 0.6 is 11.6 Å². The molecule has 2 rings (SSSR count). The number of benzene rings is 1. The maximum atomic E-state index is 11.5. The number of amides is 1. The molecule has 0 aromatic heterocycles. The minimum absolute atomic E-state index is 0.101. The molecule has 24 heavy (non-hydrogen) atoms. The number of carbonyl (C=O) groups excluding carboxylic acids is 1. The lowest BCUT2D eigenvalue weighted by Crippen LogP contribution is -2.48. The number of hydrogen-bond donors (Lipinski definition) is 0. The first-order valence-electron chi connectivity index (χ1n) is 7.88. The van der Waals surface area contributed by atoms with Gasteiger partial charge in [0, 0.05) is 39.2 Å². The van der Waals surface area contributed by atoms with E-state index < -0.39 is 0 Å². The highest BCUT2D eigenvalue weighted by molar-refractivity contribution is 6.32. The van der Waals surface area contributed by atoms with Crippen LogP contribution in [0.4, 0.5) is 5.69 Å². The number of hydrogen-bond acceptors (Lipinski definition) is 4. The Morgan fingerprint density at radius 2 is 1.71 bits per heavy atom. The molecule has 6 heteroatoms. The van der Waals surface area contributed by atoms with E-state index in [9.17, 15) is 4.79 Å². The maximum absolute atomic E-state index is 11.5. The molecule has 1 saturated heterocycles. The van der Waals surface area contributed by atoms with E-state index in [1.165, 1.54) is 0 Å². The van der Waals surface area contributed by atoms with E-state index in [1.54, 1.807) is 25.1 Å². The lowest BCUT2D eigenvalue weighted by atomic mass is 10.2. The van der Waals surface area contributed by atoms with Gasteiger partial charge in [-0.1, -0.05) is 36.9 Å². The standard InChI is InChI=1S/C18H23ClN2O3/c1-4-10-23-17-13-18(24-11-5-2)16(12-15(17)19)21-8-6-20(7-9-21)14(3)22/h4-5,12-13H,1-2,6-11H2,3H3. The summed E-state index contributed by atoms with van der Waals surface area (Å²) in [6, 6.07) is 3.64. The Bertz CT molecular complexity index is 611. The van der Waals surface area contributed by atoms with Crippen LogP contribution in [0, 0.1) is 0 Å². The summed E-state index contributed by atoms with van der Waals surface area (Å²) in [6.45, 7) is 12.5. The first-order valence-corrected chi connectivity index (χ1v) is 8.26. The van der Waals surface area contributed by atoms with Crippen LogP contribution in [0.2, 0.25) is 5.02 Å². The Kier molecular flexibility index (Phi) is 6.55. The van der Waals surface area contributed by atoms with Crippen molar-refractivity contribution in [3.05, 3.63) is 42.5 Å². The Labute approximate surface area is 148 Å². The van der Waals surface area contributed by atoms with Gasteiger partial charge in [0.05, 0.1) is 10.7 Å². The molecule has 1 aliphatic heterocycles. The molecule has 0 bridgehead atoms. The van der Waals surface area contributed by atoms with E-state index in [-0.39, 0.29) is 5.91 Å². The fraction of sp³-hybridized carbons (Fsp3) is 0.389. The average Bonchev–Trinajstić information content (AvgIpc) is 2.59. The van der Waals surface area contributed by atoms with Crippen molar-refractivity contribution in [1.29, 1.82) is 0 Å². The summed E-state index contributed by atoms with van der Waals surface area (Å²) in [6.07, 6.45) is 3.35. The van der Waals surface area contributed by atoms with Crippen LogP contribution in [0.25, 0.3) is 0 Å². The lowest BCUT2D eigenvalue weighted by molar-refractivity contribution is -0.129. The molecule has 1 amide bonds. The Morgan fingerprint density at radius 1 is 1.12 bits per heavy atom. The third-order valence-corrected chi connectivity index (χ3v) is 4.09. The molecule has 1 heterocycles. The van der Waals surface area contributed by atoms with Crippen LogP contribution in [0.15, 0.2) is 37.4 Å². The molecule has 1 aliphatic rings. The van der Waals surface area contributed by atoms with Gasteiger partial charge in [0.15, 0.2) is 0 Å². The average molecular weight is 351 g/mol. The van der Waals surface area contributed by atoms with E-state index in [0.29, 0.717) is 42.8 Å². The number of nitrogens with zero attached hydrogens (tertiary/aromatic N) is 2. The molecule has 0 unspecified atom stereocenters. The number of rotatable bonds is 7. The third kappa shape index (κ3) is 4.45. The molecule has 0 saturated carbocycles. The normalized spacial score (nSPS) is 14.2. The second-order valence-electron chi connectivity index (χ2n) is 5.44. The second kappa shape index (κ2) is 8.64. The van der Waals surface area contributed by atoms with E-state index in [2.05, 4.69) is 18.1 Å². The van der Waals surface area contributed by atoms with E-state index >= 15 is 0 Å². The largest absolute Gasteiger partial charge is 0.488 e. The quantitative estimate of drug-likeness (QED) is 0.708. The maximum Gasteiger partial charge on any atom is 0.219 e. The van der Waals surface area contributed by atoms with Gasteiger partial charge in [-0.2, -0.15) is 0 Å². The summed E-state index contributed by atoms with van der Waals surface area (Å²) in [7, 11) is 0. The van der Waals surface area contributed by atoms with Crippen molar-refractivity contribution < 1.29 is 14.3 Å². The summed E-state index contributed by atoms with van der Waals surface area (Å²) in [4.78, 5) is 15.5. The molecule has 1 aromatic rings. The number of anilines is 1. The van der Waals surface area contributed by atoms with Gasteiger partial charge in [0.25, 0.3) is 0 Å². The summed E-state index contributed by atoms with van der Waals surface area (Å²) >= 11 is 6.34. The monoisotopic (exact) mass is 350 g/mol. The summed E-state index contributed by atoms with van der Waals surface area (Å²) in [5.41, 5.74) is 0.899. The molecule has 130 valence electrons. The predicted molar refractivity (Wildman–Crippen MR) is 97.3 cm³/mol. The van der Waals surface area contributed by atoms with Crippen molar-refractivity contribution in [2.75, 3.05) is 44.3 Å². The molecule has 1 aromatic carbocycles. The highest BCUT2D eigenvalue weighted by atomic mass is 35.5. The molecular formula is C18H23ClN2O3. The molecule has 0 aliphatic carbocycles. The Hall–Kier alpha value is -2.14. The van der Waals surface area contributed by atoms with Gasteiger partial charge in [0.1, 0.15) is 24.7 Å². The fourth-order valence-corrected chi connectivity index (χ4v) is 2.77. The smallest absolute Gasteiger partial charge is 0.219 e. The van der Waals surface area contributed by atoms with Crippen LogP contribution in [0.1, 0.15) is 6.92 Å². The fourth-order valence-electron chi connectivity index (χ4n) is 2.56. The zero-order chi connectivity index (χ0) is 17.5. The topological polar surface area (TPSA) is 42.0 Å². The van der Waals surface area contributed by atoms with Crippen molar-refractivity contribution in [3.63, 3.8) is 0 Å². The van der Waals surface area contributed by atoms with Gasteiger partial charge in [-0.05, 0) is 6.07 Å². The first kappa shape index (κ1) is 18.2. The van der Waals surface area contributed by atoms with E-state index in [0.717, 1.165) is 18.8 Å². The van der Waals surface area contributed by atoms with Gasteiger partial charge in [-0.25, -0.2) is 0 Å². The van der Waals surface area contributed by atoms with Crippen LogP contribution < -0.4 is 14.4 Å². The van der Waals surface area contributed by atoms with Crippen LogP contribution in [-0.4, -0.2) is 50.2 Å². The van der Waals surface area contributed by atoms with Crippen molar-refractivity contribution in [2.45, 2.75) is 6.92 Å². The van der Waals surface area contributed by atoms with Gasteiger partial charge < -0.3 is 19.3 Å². The summed E-state index contributed by atoms with van der Waals surface area (Å²) in [5, 5.41) is 0.520. The number of piperazine rings is 1. The lowest BCUT2D eigenvalue weighted by Gasteiger charge is -2.36. The summed E-state index contributed by atoms with van der Waals surface area (Å²) in [5.74, 6) is 1.35. The van der Waals surface area contributed by atoms with Gasteiger partial charge in [-0.3, -0.25) is 4.79 Å². The second-order valence-corrected chi connectivity index (χ2v) is 5.85. The van der Waals surface area contributed by atoms with Crippen LogP contribution in [0.3, 0.4) is 0 Å². The molecule has 0 atom stereocenters. The summed E-state index contributed by atoms with van der Waals surface area (Å²) < 4.78 is 11.4. The van der Waals surface area contributed by atoms with E-state index in [4.69, 9.17) is 21.1 Å². The highest BCUT2D eigenvalue weighted by Crippen LogP contribution is 2.38. The van der Waals surface area contributed by atoms with Crippen molar-refractivity contribution in [3.8, 4) is 11.5 Å². The minimum atomic E-state index is 0.101. The van der Waals surface area contributed by atoms with Crippen molar-refractivity contribution >= 4 is 23.2 Å². The molecular weight excluding hydrogens is 328 g/mol. The molecule has 0 N–H and O–H groups in total. The van der Waals surface area contributed by atoms with Crippen LogP contribution in [-0.2, 0) is 4.79 Å². The number of ether oxygens (including phenoxy) is 2. The van der Waals surface area contributed by atoms with Crippen LogP contribution in [0.5, 0.6) is 11.5 Å². The van der Waals surface area contributed by atoms with Gasteiger partial charge in [0.2, 0.25) is 5.91 Å². The molecule has 5 nitrogen and oxygen atoms in total. The number of halogens is 1. The van der Waals surface area contributed by atoms with Crippen molar-refractivity contribution in [1.82, 2.24) is 4.90 Å². The predicted octanol–water partition coefficient (Wildman–Crippen LogP) is 3.14. The van der Waals surface area contributed by atoms with Gasteiger partial charge in [-0.15, -0.1) is 0 Å². The SMILES string of the molecule is C=CCOc1cc(OCC=C)c(N2CCN(C(C)=O)CC2)cc1Cl. The Morgan fingerprint density at radius 3 is 2.25 bits per heavy atom. The Balaban J connectivity index is 2.23. The first-order chi connectivity index (χ1) is 11.6. The van der Waals surface area contributed by atoms with Gasteiger partial charge >= 0.3 is 0 Å². The zero-order valence-corrected chi connectivity index (χ0v) is 14.7. The molecule has 1 fully saturated rings. The minimum Gasteiger partial charge on any atom is -0.488 e. The van der Waals surface area contributed by atoms with E-state index in [1.807, 2.05) is 11.0 Å². The highest BCUT2D eigenvalue weighted by Gasteiger charge is 2.22. The molecule has 0 spiro atoms. The molecule has 0 radical (unpaired) electrons. The third-order valence-electron chi connectivity index (χ3n) is 3.79.